The zero-order chi connectivity index (χ0) is 12.8. The highest BCUT2D eigenvalue weighted by Crippen LogP contribution is 2.14. The number of carbonyl (C=O) groups is 2. The van der Waals surface area contributed by atoms with Crippen molar-refractivity contribution in [1.29, 1.82) is 0 Å². The van der Waals surface area contributed by atoms with Crippen LogP contribution in [0.25, 0.3) is 0 Å². The lowest BCUT2D eigenvalue weighted by Gasteiger charge is -2.20. The topological polar surface area (TPSA) is 95.7 Å². The van der Waals surface area contributed by atoms with Gasteiger partial charge in [0.05, 0.1) is 0 Å². The number of amides is 2. The van der Waals surface area contributed by atoms with Crippen LogP contribution in [0.1, 0.15) is 26.2 Å². The lowest BCUT2D eigenvalue weighted by atomic mass is 10.1. The average Bonchev–Trinajstić information content (AvgIpc) is 2.76. The first kappa shape index (κ1) is 13.8. The minimum Gasteiger partial charge on any atom is -0.480 e. The molecule has 1 aliphatic rings. The van der Waals surface area contributed by atoms with Gasteiger partial charge in [-0.25, -0.2) is 9.59 Å². The minimum absolute atomic E-state index is 0.290. The highest BCUT2D eigenvalue weighted by atomic mass is 16.4. The molecule has 1 rings (SSSR count). The summed E-state index contributed by atoms with van der Waals surface area (Å²) in [7, 11) is 0. The van der Waals surface area contributed by atoms with Crippen LogP contribution in [0, 0.1) is 5.92 Å². The van der Waals surface area contributed by atoms with E-state index >= 15 is 0 Å². The van der Waals surface area contributed by atoms with Crippen molar-refractivity contribution in [3.8, 4) is 0 Å². The van der Waals surface area contributed by atoms with Gasteiger partial charge in [0, 0.05) is 13.1 Å². The van der Waals surface area contributed by atoms with Crippen molar-refractivity contribution in [2.75, 3.05) is 19.6 Å². The molecule has 1 fully saturated rings. The van der Waals surface area contributed by atoms with Crippen LogP contribution in [-0.4, -0.2) is 47.7 Å². The van der Waals surface area contributed by atoms with Crippen molar-refractivity contribution < 1.29 is 14.7 Å². The predicted molar refractivity (Wildman–Crippen MR) is 63.6 cm³/mol. The van der Waals surface area contributed by atoms with Crippen LogP contribution in [-0.2, 0) is 4.79 Å². The van der Waals surface area contributed by atoms with E-state index in [2.05, 4.69) is 5.32 Å². The summed E-state index contributed by atoms with van der Waals surface area (Å²) in [4.78, 5) is 24.4. The molecule has 0 spiro atoms. The maximum Gasteiger partial charge on any atom is 0.326 e. The molecule has 0 aromatic heterocycles. The highest BCUT2D eigenvalue weighted by molar-refractivity contribution is 5.82. The van der Waals surface area contributed by atoms with Gasteiger partial charge in [-0.15, -0.1) is 0 Å². The smallest absolute Gasteiger partial charge is 0.326 e. The van der Waals surface area contributed by atoms with E-state index in [1.54, 1.807) is 4.90 Å². The van der Waals surface area contributed by atoms with Crippen LogP contribution in [0.15, 0.2) is 0 Å². The first-order valence-corrected chi connectivity index (χ1v) is 6.06. The van der Waals surface area contributed by atoms with E-state index in [1.165, 1.54) is 0 Å². The predicted octanol–water partition coefficient (Wildman–Crippen LogP) is 0.230. The van der Waals surface area contributed by atoms with E-state index in [0.29, 0.717) is 32.0 Å². The molecule has 0 aromatic rings. The molecule has 0 radical (unpaired) electrons. The Morgan fingerprint density at radius 2 is 2.29 bits per heavy atom. The molecule has 1 heterocycles. The summed E-state index contributed by atoms with van der Waals surface area (Å²) in [6, 6.07) is -1.08. The third-order valence-corrected chi connectivity index (χ3v) is 3.08. The number of nitrogens with two attached hydrogens (primary N) is 1. The molecule has 6 heteroatoms. The number of carboxylic acids is 1. The van der Waals surface area contributed by atoms with Crippen molar-refractivity contribution in [2.24, 2.45) is 11.7 Å². The number of hydrogen-bond donors (Lipinski definition) is 3. The van der Waals surface area contributed by atoms with Gasteiger partial charge in [0.1, 0.15) is 6.04 Å². The SMILES string of the molecule is CCC[C@H](NC(=O)N1CCC(CN)C1)C(=O)O. The van der Waals surface area contributed by atoms with E-state index in [1.807, 2.05) is 6.92 Å². The maximum atomic E-state index is 11.8. The summed E-state index contributed by atoms with van der Waals surface area (Å²) in [5.74, 6) is -0.634. The van der Waals surface area contributed by atoms with E-state index in [4.69, 9.17) is 10.8 Å². The second-order valence-corrected chi connectivity index (χ2v) is 4.47. The Hall–Kier alpha value is -1.30. The number of likely N-dealkylation sites (tertiary alicyclic amines) is 1. The number of urea groups is 1. The van der Waals surface area contributed by atoms with E-state index in [0.717, 1.165) is 12.8 Å². The Labute approximate surface area is 101 Å². The zero-order valence-electron chi connectivity index (χ0n) is 10.2. The van der Waals surface area contributed by atoms with Crippen molar-refractivity contribution in [3.63, 3.8) is 0 Å². The van der Waals surface area contributed by atoms with Crippen LogP contribution in [0.4, 0.5) is 4.79 Å². The molecule has 0 bridgehead atoms. The first-order chi connectivity index (χ1) is 8.08. The molecule has 0 aromatic carbocycles. The second kappa shape index (κ2) is 6.44. The second-order valence-electron chi connectivity index (χ2n) is 4.47. The quantitative estimate of drug-likeness (QED) is 0.644. The molecule has 4 N–H and O–H groups in total. The number of hydrogen-bond acceptors (Lipinski definition) is 3. The summed E-state index contributed by atoms with van der Waals surface area (Å²) in [6.07, 6.45) is 2.08. The molecule has 2 atom stereocenters. The van der Waals surface area contributed by atoms with Crippen LogP contribution in [0.5, 0.6) is 0 Å². The van der Waals surface area contributed by atoms with Crippen LogP contribution >= 0.6 is 0 Å². The van der Waals surface area contributed by atoms with Gasteiger partial charge in [-0.05, 0) is 25.3 Å². The van der Waals surface area contributed by atoms with Crippen LogP contribution in [0.2, 0.25) is 0 Å². The van der Waals surface area contributed by atoms with Gasteiger partial charge in [-0.3, -0.25) is 0 Å². The Morgan fingerprint density at radius 1 is 1.59 bits per heavy atom. The number of nitrogens with one attached hydrogen (secondary N) is 1. The van der Waals surface area contributed by atoms with E-state index < -0.39 is 12.0 Å². The summed E-state index contributed by atoms with van der Waals surface area (Å²) >= 11 is 0. The van der Waals surface area contributed by atoms with Crippen LogP contribution < -0.4 is 11.1 Å². The number of aliphatic carboxylic acids is 1. The number of carboxylic acid groups (broad SMARTS) is 1. The van der Waals surface area contributed by atoms with Crippen molar-refractivity contribution >= 4 is 12.0 Å². The Bertz CT molecular complexity index is 283. The lowest BCUT2D eigenvalue weighted by molar-refractivity contribution is -0.139. The van der Waals surface area contributed by atoms with Crippen molar-refractivity contribution in [1.82, 2.24) is 10.2 Å². The fourth-order valence-corrected chi connectivity index (χ4v) is 2.00. The number of nitrogens with zero attached hydrogens (tertiary/aromatic N) is 1. The fraction of sp³-hybridized carbons (Fsp3) is 0.818. The third-order valence-electron chi connectivity index (χ3n) is 3.08. The van der Waals surface area contributed by atoms with Gasteiger partial charge >= 0.3 is 12.0 Å². The van der Waals surface area contributed by atoms with Gasteiger partial charge in [0.25, 0.3) is 0 Å². The number of carbonyl (C=O) groups excluding carboxylic acids is 1. The van der Waals surface area contributed by atoms with Gasteiger partial charge in [0.2, 0.25) is 0 Å². The zero-order valence-corrected chi connectivity index (χ0v) is 10.2. The molecule has 0 aliphatic carbocycles. The summed E-state index contributed by atoms with van der Waals surface area (Å²) in [5, 5.41) is 11.5. The Balaban J connectivity index is 2.45. The third kappa shape index (κ3) is 3.89. The van der Waals surface area contributed by atoms with Crippen LogP contribution in [0.3, 0.4) is 0 Å². The monoisotopic (exact) mass is 243 g/mol. The van der Waals surface area contributed by atoms with Gasteiger partial charge in [0.15, 0.2) is 0 Å². The van der Waals surface area contributed by atoms with Crippen molar-refractivity contribution in [3.05, 3.63) is 0 Å². The van der Waals surface area contributed by atoms with E-state index in [-0.39, 0.29) is 6.03 Å². The Morgan fingerprint density at radius 3 is 2.76 bits per heavy atom. The normalized spacial score (nSPS) is 21.3. The average molecular weight is 243 g/mol. The fourth-order valence-electron chi connectivity index (χ4n) is 2.00. The molecule has 0 saturated carbocycles. The molecule has 1 saturated heterocycles. The Kier molecular flexibility index (Phi) is 5.21. The molecule has 1 unspecified atom stereocenters. The standard InChI is InChI=1S/C11H21N3O3/c1-2-3-9(10(15)16)13-11(17)14-5-4-8(6-12)7-14/h8-9H,2-7,12H2,1H3,(H,13,17)(H,15,16)/t8?,9-/m0/s1. The molecule has 1 aliphatic heterocycles. The molecule has 2 amide bonds. The summed E-state index contributed by atoms with van der Waals surface area (Å²) in [5.41, 5.74) is 5.54. The van der Waals surface area contributed by atoms with Gasteiger partial charge < -0.3 is 21.1 Å². The highest BCUT2D eigenvalue weighted by Gasteiger charge is 2.28. The lowest BCUT2D eigenvalue weighted by Crippen LogP contribution is -2.47. The van der Waals surface area contributed by atoms with Crippen molar-refractivity contribution in [2.45, 2.75) is 32.2 Å². The van der Waals surface area contributed by atoms with E-state index in [9.17, 15) is 9.59 Å². The molecule has 17 heavy (non-hydrogen) atoms. The van der Waals surface area contributed by atoms with Gasteiger partial charge in [-0.2, -0.15) is 0 Å². The first-order valence-electron chi connectivity index (χ1n) is 6.06. The number of rotatable bonds is 5. The molecular formula is C11H21N3O3. The molecule has 6 nitrogen and oxygen atoms in total. The van der Waals surface area contributed by atoms with Gasteiger partial charge in [-0.1, -0.05) is 13.3 Å². The molecular weight excluding hydrogens is 222 g/mol. The minimum atomic E-state index is -0.977. The largest absolute Gasteiger partial charge is 0.480 e. The summed E-state index contributed by atoms with van der Waals surface area (Å²) in [6.45, 7) is 3.75. The molecule has 98 valence electrons. The maximum absolute atomic E-state index is 11.8. The summed E-state index contributed by atoms with van der Waals surface area (Å²) < 4.78 is 0.